The van der Waals surface area contributed by atoms with Crippen molar-refractivity contribution in [1.29, 1.82) is 0 Å². The van der Waals surface area contributed by atoms with Gasteiger partial charge >= 0.3 is 5.69 Å². The van der Waals surface area contributed by atoms with Crippen LogP contribution in [-0.4, -0.2) is 48.4 Å². The van der Waals surface area contributed by atoms with Crippen molar-refractivity contribution >= 4 is 23.2 Å². The van der Waals surface area contributed by atoms with E-state index >= 15 is 0 Å². The average molecular weight is 268 g/mol. The van der Waals surface area contributed by atoms with Crippen molar-refractivity contribution in [2.75, 3.05) is 38.0 Å². The molecule has 3 N–H and O–H groups in total. The summed E-state index contributed by atoms with van der Waals surface area (Å²) in [6.07, 6.45) is 0. The molecule has 0 saturated heterocycles. The molecule has 0 atom stereocenters. The number of hydrazine groups is 1. The van der Waals surface area contributed by atoms with Gasteiger partial charge in [-0.15, -0.1) is 0 Å². The van der Waals surface area contributed by atoms with Gasteiger partial charge in [-0.05, 0) is 6.07 Å². The molecule has 0 aromatic carbocycles. The van der Waals surface area contributed by atoms with Crippen LogP contribution in [0.15, 0.2) is 12.1 Å². The van der Waals surface area contributed by atoms with Crippen LogP contribution in [0.4, 0.5) is 17.3 Å². The highest BCUT2D eigenvalue weighted by atomic mass is 16.6. The minimum Gasteiger partial charge on any atom is -0.347 e. The quantitative estimate of drug-likeness (QED) is 0.431. The van der Waals surface area contributed by atoms with Crippen molar-refractivity contribution in [2.45, 2.75) is 0 Å². The van der Waals surface area contributed by atoms with E-state index in [9.17, 15) is 14.9 Å². The van der Waals surface area contributed by atoms with Crippen LogP contribution in [-0.2, 0) is 4.79 Å². The van der Waals surface area contributed by atoms with Crippen LogP contribution < -0.4 is 16.2 Å². The maximum atomic E-state index is 11.6. The fraction of sp³-hybridized carbons (Fsp3) is 0.400. The van der Waals surface area contributed by atoms with Gasteiger partial charge in [0.05, 0.1) is 11.5 Å². The van der Waals surface area contributed by atoms with E-state index in [2.05, 4.69) is 10.4 Å². The van der Waals surface area contributed by atoms with Crippen molar-refractivity contribution in [1.82, 2.24) is 9.88 Å². The number of nitrogens with zero attached hydrogens (tertiary/aromatic N) is 4. The van der Waals surface area contributed by atoms with Crippen molar-refractivity contribution in [3.63, 3.8) is 0 Å². The molecule has 0 aliphatic carbocycles. The molecule has 0 aliphatic heterocycles. The van der Waals surface area contributed by atoms with Gasteiger partial charge in [0.25, 0.3) is 0 Å². The van der Waals surface area contributed by atoms with Gasteiger partial charge in [-0.25, -0.2) is 10.8 Å². The molecule has 1 rings (SSSR count). The van der Waals surface area contributed by atoms with Crippen LogP contribution in [0.5, 0.6) is 0 Å². The largest absolute Gasteiger partial charge is 0.347 e. The zero-order valence-electron chi connectivity index (χ0n) is 11.0. The van der Waals surface area contributed by atoms with Crippen molar-refractivity contribution in [3.05, 3.63) is 22.2 Å². The number of anilines is 2. The number of nitrogens with two attached hydrogens (primary N) is 1. The molecule has 9 nitrogen and oxygen atoms in total. The zero-order valence-corrected chi connectivity index (χ0v) is 11.0. The highest BCUT2D eigenvalue weighted by Gasteiger charge is 2.21. The molecule has 0 radical (unpaired) electrons. The lowest BCUT2D eigenvalue weighted by Gasteiger charge is -2.20. The van der Waals surface area contributed by atoms with Gasteiger partial charge in [0.2, 0.25) is 11.7 Å². The highest BCUT2D eigenvalue weighted by molar-refractivity contribution is 5.81. The number of hydrogen-bond acceptors (Lipinski definition) is 7. The van der Waals surface area contributed by atoms with Crippen LogP contribution in [0, 0.1) is 10.1 Å². The summed E-state index contributed by atoms with van der Waals surface area (Å²) in [4.78, 5) is 28.8. The van der Waals surface area contributed by atoms with Gasteiger partial charge in [-0.3, -0.25) is 14.9 Å². The molecule has 104 valence electrons. The van der Waals surface area contributed by atoms with Crippen molar-refractivity contribution in [3.8, 4) is 0 Å². The number of aromatic nitrogens is 1. The lowest BCUT2D eigenvalue weighted by atomic mass is 10.3. The fourth-order valence-electron chi connectivity index (χ4n) is 1.36. The Balaban J connectivity index is 3.08. The summed E-state index contributed by atoms with van der Waals surface area (Å²) >= 11 is 0. The number of pyridine rings is 1. The number of nitrogen functional groups attached to an aromatic ring is 1. The van der Waals surface area contributed by atoms with Gasteiger partial charge in [-0.2, -0.15) is 0 Å². The second-order valence-electron chi connectivity index (χ2n) is 4.08. The third kappa shape index (κ3) is 3.52. The number of nitrogens with one attached hydrogen (secondary N) is 1. The molecule has 9 heteroatoms. The first kappa shape index (κ1) is 14.6. The normalized spacial score (nSPS) is 9.89. The molecule has 1 amide bonds. The Morgan fingerprint density at radius 1 is 1.47 bits per heavy atom. The SMILES string of the molecule is CN(C)C(=O)CN(C)c1nc(NN)ccc1[N+](=O)[O-]. The molecule has 1 aromatic heterocycles. The third-order valence-electron chi connectivity index (χ3n) is 2.43. The van der Waals surface area contributed by atoms with E-state index in [0.29, 0.717) is 0 Å². The predicted molar refractivity (Wildman–Crippen MR) is 70.7 cm³/mol. The lowest BCUT2D eigenvalue weighted by molar-refractivity contribution is -0.384. The number of carbonyl (C=O) groups is 1. The lowest BCUT2D eigenvalue weighted by Crippen LogP contribution is -2.35. The van der Waals surface area contributed by atoms with Crippen molar-refractivity contribution in [2.24, 2.45) is 5.84 Å². The van der Waals surface area contributed by atoms with Crippen LogP contribution in [0.3, 0.4) is 0 Å². The van der Waals surface area contributed by atoms with Crippen LogP contribution in [0.1, 0.15) is 0 Å². The van der Waals surface area contributed by atoms with E-state index in [4.69, 9.17) is 5.84 Å². The molecule has 1 aromatic rings. The summed E-state index contributed by atoms with van der Waals surface area (Å²) < 4.78 is 0. The summed E-state index contributed by atoms with van der Waals surface area (Å²) in [7, 11) is 4.77. The molecule has 0 fully saturated rings. The van der Waals surface area contributed by atoms with Gasteiger partial charge in [0, 0.05) is 27.2 Å². The first-order valence-corrected chi connectivity index (χ1v) is 5.40. The molecule has 1 heterocycles. The third-order valence-corrected chi connectivity index (χ3v) is 2.43. The fourth-order valence-corrected chi connectivity index (χ4v) is 1.36. The molecular formula is C10H16N6O3. The van der Waals surface area contributed by atoms with Gasteiger partial charge in [-0.1, -0.05) is 0 Å². The van der Waals surface area contributed by atoms with Crippen molar-refractivity contribution < 1.29 is 9.72 Å². The molecule has 0 bridgehead atoms. The number of carbonyl (C=O) groups excluding carboxylic acids is 1. The Bertz CT molecular complexity index is 490. The average Bonchev–Trinajstić information content (AvgIpc) is 2.37. The first-order chi connectivity index (χ1) is 8.86. The molecule has 0 saturated carbocycles. The van der Waals surface area contributed by atoms with E-state index in [1.54, 1.807) is 21.1 Å². The monoisotopic (exact) mass is 268 g/mol. The van der Waals surface area contributed by atoms with Crippen LogP contribution in [0.2, 0.25) is 0 Å². The Labute approximate surface area is 110 Å². The van der Waals surface area contributed by atoms with Gasteiger partial charge in [0.15, 0.2) is 0 Å². The topological polar surface area (TPSA) is 118 Å². The number of likely N-dealkylation sites (N-methyl/N-ethyl adjacent to an activating group) is 2. The summed E-state index contributed by atoms with van der Waals surface area (Å²) in [5, 5.41) is 10.9. The number of nitro groups is 1. The molecule has 19 heavy (non-hydrogen) atoms. The van der Waals surface area contributed by atoms with E-state index in [1.807, 2.05) is 0 Å². The van der Waals surface area contributed by atoms with Crippen LogP contribution >= 0.6 is 0 Å². The second kappa shape index (κ2) is 5.96. The van der Waals surface area contributed by atoms with E-state index in [1.165, 1.54) is 21.9 Å². The molecule has 0 aliphatic rings. The number of amides is 1. The first-order valence-electron chi connectivity index (χ1n) is 5.40. The number of rotatable bonds is 5. The Kier molecular flexibility index (Phi) is 4.59. The maximum absolute atomic E-state index is 11.6. The smallest absolute Gasteiger partial charge is 0.311 e. The minimum atomic E-state index is -0.556. The number of hydrogen-bond donors (Lipinski definition) is 2. The van der Waals surface area contributed by atoms with Gasteiger partial charge < -0.3 is 15.2 Å². The Morgan fingerprint density at radius 2 is 2.11 bits per heavy atom. The summed E-state index contributed by atoms with van der Waals surface area (Å²) in [5.74, 6) is 5.39. The van der Waals surface area contributed by atoms with E-state index in [-0.39, 0.29) is 29.8 Å². The van der Waals surface area contributed by atoms with Gasteiger partial charge in [0.1, 0.15) is 5.82 Å². The Hall–Kier alpha value is -2.42. The predicted octanol–water partition coefficient (Wildman–Crippen LogP) is -0.200. The molecular weight excluding hydrogens is 252 g/mol. The molecule has 0 unspecified atom stereocenters. The maximum Gasteiger partial charge on any atom is 0.311 e. The summed E-state index contributed by atoms with van der Waals surface area (Å²) in [6.45, 7) is -0.0190. The summed E-state index contributed by atoms with van der Waals surface area (Å²) in [5.41, 5.74) is 2.12. The summed E-state index contributed by atoms with van der Waals surface area (Å²) in [6, 6.07) is 2.68. The second-order valence-corrected chi connectivity index (χ2v) is 4.08. The highest BCUT2D eigenvalue weighted by Crippen LogP contribution is 2.26. The minimum absolute atomic E-state index is 0.0190. The standard InChI is InChI=1S/C10H16N6O3/c1-14(2)9(17)6-15(3)10-7(16(18)19)4-5-8(12-10)13-11/h4-5H,6,11H2,1-3H3,(H,12,13). The van der Waals surface area contributed by atoms with Crippen LogP contribution in [0.25, 0.3) is 0 Å². The van der Waals surface area contributed by atoms with E-state index < -0.39 is 4.92 Å². The molecule has 0 spiro atoms. The Morgan fingerprint density at radius 3 is 2.58 bits per heavy atom. The van der Waals surface area contributed by atoms with E-state index in [0.717, 1.165) is 0 Å². The zero-order chi connectivity index (χ0) is 14.6.